The van der Waals surface area contributed by atoms with Gasteiger partial charge in [0.25, 0.3) is 0 Å². The van der Waals surface area contributed by atoms with Gasteiger partial charge in [-0.05, 0) is 79.8 Å². The highest BCUT2D eigenvalue weighted by atomic mass is 19.4. The highest BCUT2D eigenvalue weighted by molar-refractivity contribution is 5.92. The van der Waals surface area contributed by atoms with E-state index in [4.69, 9.17) is 4.74 Å². The van der Waals surface area contributed by atoms with Gasteiger partial charge in [0.1, 0.15) is 5.82 Å². The number of carbonyl (C=O) groups is 1. The van der Waals surface area contributed by atoms with E-state index in [9.17, 15) is 22.4 Å². The van der Waals surface area contributed by atoms with E-state index in [1.54, 1.807) is 0 Å². The minimum absolute atomic E-state index is 0.0958. The van der Waals surface area contributed by atoms with Gasteiger partial charge in [0, 0.05) is 25.3 Å². The third-order valence-corrected chi connectivity index (χ3v) is 6.52. The van der Waals surface area contributed by atoms with Crippen molar-refractivity contribution in [1.29, 1.82) is 0 Å². The van der Waals surface area contributed by atoms with Crippen LogP contribution in [0.2, 0.25) is 0 Å². The van der Waals surface area contributed by atoms with E-state index in [0.29, 0.717) is 31.4 Å². The van der Waals surface area contributed by atoms with Gasteiger partial charge in [0.2, 0.25) is 5.91 Å². The number of hydrogen-bond donors (Lipinski definition) is 2. The van der Waals surface area contributed by atoms with Crippen LogP contribution >= 0.6 is 0 Å². The van der Waals surface area contributed by atoms with Gasteiger partial charge in [-0.2, -0.15) is 13.2 Å². The Morgan fingerprint density at radius 3 is 2.39 bits per heavy atom. The van der Waals surface area contributed by atoms with E-state index >= 15 is 0 Å². The predicted molar refractivity (Wildman–Crippen MR) is 119 cm³/mol. The van der Waals surface area contributed by atoms with Gasteiger partial charge in [-0.15, -0.1) is 0 Å². The van der Waals surface area contributed by atoms with E-state index in [-0.39, 0.29) is 17.7 Å². The van der Waals surface area contributed by atoms with Crippen molar-refractivity contribution < 1.29 is 27.1 Å². The molecule has 2 aromatic rings. The molecule has 0 aromatic heterocycles. The van der Waals surface area contributed by atoms with Gasteiger partial charge in [-0.3, -0.25) is 4.79 Å². The smallest absolute Gasteiger partial charge is 0.388 e. The topological polar surface area (TPSA) is 50.4 Å². The molecule has 2 N–H and O–H groups in total. The number of benzene rings is 2. The molecule has 2 aromatic carbocycles. The maximum atomic E-state index is 14.3. The van der Waals surface area contributed by atoms with Crippen LogP contribution in [0.4, 0.5) is 28.9 Å². The monoisotopic (exact) mass is 464 g/mol. The predicted octanol–water partition coefficient (Wildman–Crippen LogP) is 6.20. The standard InChI is InChI=1S/C25H28F4N2O2/c1-30-20-7-4-16(5-8-20)17-10-18(12-21(11-17)33-14-15-2-3-15)24(32)31-23-9-6-19(13-22(23)26)25(27,28)29/h4-9,13,15,17-18,21,30H,2-3,10-12,14H2,1H3,(H,31,32)/t17-,18+,21+/m0/s1. The van der Waals surface area contributed by atoms with Crippen LogP contribution in [0.1, 0.15) is 49.1 Å². The molecule has 4 nitrogen and oxygen atoms in total. The fourth-order valence-corrected chi connectivity index (χ4v) is 4.40. The van der Waals surface area contributed by atoms with Gasteiger partial charge >= 0.3 is 6.18 Å². The van der Waals surface area contributed by atoms with Crippen LogP contribution in [-0.2, 0) is 15.7 Å². The van der Waals surface area contributed by atoms with E-state index in [1.807, 2.05) is 31.3 Å². The minimum atomic E-state index is -4.64. The Kier molecular flexibility index (Phi) is 6.93. The number of carbonyl (C=O) groups excluding carboxylic acids is 1. The molecule has 0 unspecified atom stereocenters. The summed E-state index contributed by atoms with van der Waals surface area (Å²) < 4.78 is 58.8. The molecule has 1 amide bonds. The minimum Gasteiger partial charge on any atom is -0.388 e. The third kappa shape index (κ3) is 6.05. The van der Waals surface area contributed by atoms with E-state index in [0.717, 1.165) is 29.8 Å². The first-order chi connectivity index (χ1) is 15.7. The zero-order chi connectivity index (χ0) is 23.6. The van der Waals surface area contributed by atoms with Crippen LogP contribution in [0.25, 0.3) is 0 Å². The summed E-state index contributed by atoms with van der Waals surface area (Å²) in [7, 11) is 1.85. The first-order valence-corrected chi connectivity index (χ1v) is 11.3. The molecule has 2 saturated carbocycles. The molecule has 3 atom stereocenters. The average molecular weight is 465 g/mol. The number of halogens is 4. The first kappa shape index (κ1) is 23.5. The lowest BCUT2D eigenvalue weighted by Gasteiger charge is -2.34. The molecule has 2 fully saturated rings. The summed E-state index contributed by atoms with van der Waals surface area (Å²) >= 11 is 0. The molecule has 178 valence electrons. The zero-order valence-corrected chi connectivity index (χ0v) is 18.4. The van der Waals surface area contributed by atoms with E-state index < -0.39 is 29.4 Å². The molecule has 0 aliphatic heterocycles. The van der Waals surface area contributed by atoms with Gasteiger partial charge in [-0.1, -0.05) is 12.1 Å². The third-order valence-electron chi connectivity index (χ3n) is 6.52. The van der Waals surface area contributed by atoms with Gasteiger partial charge in [0.15, 0.2) is 0 Å². The fourth-order valence-electron chi connectivity index (χ4n) is 4.40. The normalized spacial score (nSPS) is 23.2. The van der Waals surface area contributed by atoms with Gasteiger partial charge in [-0.25, -0.2) is 4.39 Å². The molecular formula is C25H28F4N2O2. The first-order valence-electron chi connectivity index (χ1n) is 11.3. The van der Waals surface area contributed by atoms with Crippen molar-refractivity contribution in [3.05, 3.63) is 59.4 Å². The van der Waals surface area contributed by atoms with Crippen LogP contribution in [0.5, 0.6) is 0 Å². The van der Waals surface area contributed by atoms with Crippen molar-refractivity contribution in [1.82, 2.24) is 0 Å². The molecule has 0 heterocycles. The van der Waals surface area contributed by atoms with Crippen molar-refractivity contribution in [2.45, 2.75) is 50.3 Å². The van der Waals surface area contributed by atoms with Crippen molar-refractivity contribution in [3.8, 4) is 0 Å². The lowest BCUT2D eigenvalue weighted by molar-refractivity contribution is -0.137. The largest absolute Gasteiger partial charge is 0.416 e. The Morgan fingerprint density at radius 2 is 1.79 bits per heavy atom. The van der Waals surface area contributed by atoms with Crippen LogP contribution in [-0.4, -0.2) is 25.7 Å². The summed E-state index contributed by atoms with van der Waals surface area (Å²) in [4.78, 5) is 13.0. The number of nitrogens with one attached hydrogen (secondary N) is 2. The van der Waals surface area contributed by atoms with E-state index in [2.05, 4.69) is 10.6 Å². The molecule has 0 saturated heterocycles. The zero-order valence-electron chi connectivity index (χ0n) is 18.4. The Morgan fingerprint density at radius 1 is 1.06 bits per heavy atom. The summed E-state index contributed by atoms with van der Waals surface area (Å²) in [6, 6.07) is 10.2. The highest BCUT2D eigenvalue weighted by Crippen LogP contribution is 2.40. The van der Waals surface area contributed by atoms with Crippen LogP contribution in [0.15, 0.2) is 42.5 Å². The van der Waals surface area contributed by atoms with E-state index in [1.165, 1.54) is 12.8 Å². The van der Waals surface area contributed by atoms with Crippen LogP contribution in [0, 0.1) is 17.7 Å². The summed E-state index contributed by atoms with van der Waals surface area (Å²) in [6.45, 7) is 0.679. The number of amides is 1. The molecule has 4 rings (SSSR count). The molecular weight excluding hydrogens is 436 g/mol. The van der Waals surface area contributed by atoms with Crippen LogP contribution in [0.3, 0.4) is 0 Å². The lowest BCUT2D eigenvalue weighted by atomic mass is 9.76. The Balaban J connectivity index is 1.48. The highest BCUT2D eigenvalue weighted by Gasteiger charge is 2.36. The second kappa shape index (κ2) is 9.71. The fraction of sp³-hybridized carbons (Fsp3) is 0.480. The molecule has 0 bridgehead atoms. The summed E-state index contributed by atoms with van der Waals surface area (Å²) in [5.74, 6) is -1.24. The van der Waals surface area contributed by atoms with Crippen molar-refractivity contribution >= 4 is 17.3 Å². The maximum absolute atomic E-state index is 14.3. The number of alkyl halides is 3. The van der Waals surface area contributed by atoms with Gasteiger partial charge < -0.3 is 15.4 Å². The van der Waals surface area contributed by atoms with Crippen molar-refractivity contribution in [2.75, 3.05) is 24.3 Å². The summed E-state index contributed by atoms with van der Waals surface area (Å²) in [6.07, 6.45) is -0.542. The second-order valence-electron chi connectivity index (χ2n) is 9.05. The molecule has 0 radical (unpaired) electrons. The number of hydrogen-bond acceptors (Lipinski definition) is 3. The summed E-state index contributed by atoms with van der Waals surface area (Å²) in [5.41, 5.74) is 0.758. The number of ether oxygens (including phenoxy) is 1. The Labute approximate surface area is 190 Å². The number of anilines is 2. The van der Waals surface area contributed by atoms with Crippen LogP contribution < -0.4 is 10.6 Å². The second-order valence-corrected chi connectivity index (χ2v) is 9.05. The number of rotatable bonds is 7. The molecule has 2 aliphatic carbocycles. The quantitative estimate of drug-likeness (QED) is 0.480. The molecule has 33 heavy (non-hydrogen) atoms. The average Bonchev–Trinajstić information content (AvgIpc) is 3.63. The molecule has 0 spiro atoms. The van der Waals surface area contributed by atoms with Crippen molar-refractivity contribution in [2.24, 2.45) is 11.8 Å². The Hall–Kier alpha value is -2.61. The lowest BCUT2D eigenvalue weighted by Crippen LogP contribution is -2.35. The maximum Gasteiger partial charge on any atom is 0.416 e. The SMILES string of the molecule is CNc1ccc([C@@H]2C[C@@H](OCC3CC3)C[C@H](C(=O)Nc3ccc(C(F)(F)F)cc3F)C2)cc1. The molecule has 8 heteroatoms. The van der Waals surface area contributed by atoms with Gasteiger partial charge in [0.05, 0.1) is 17.4 Å². The molecule has 2 aliphatic rings. The van der Waals surface area contributed by atoms with Crippen molar-refractivity contribution in [3.63, 3.8) is 0 Å². The summed E-state index contributed by atoms with van der Waals surface area (Å²) in [5, 5.41) is 5.58. The Bertz CT molecular complexity index is 973.